The highest BCUT2D eigenvalue weighted by molar-refractivity contribution is 7.46. The highest BCUT2D eigenvalue weighted by Gasteiger charge is 2.22. The molecule has 1 unspecified atom stereocenters. The molecule has 1 atom stereocenters. The number of carbonyl (C=O) groups excluding carboxylic acids is 2. The lowest BCUT2D eigenvalue weighted by Crippen LogP contribution is -2.29. The maximum absolute atomic E-state index is 11.9. The summed E-state index contributed by atoms with van der Waals surface area (Å²) in [5.41, 5.74) is 0. The van der Waals surface area contributed by atoms with Crippen molar-refractivity contribution in [2.45, 2.75) is 97.0 Å². The molecule has 0 spiro atoms. The first-order valence-corrected chi connectivity index (χ1v) is 12.5. The van der Waals surface area contributed by atoms with Gasteiger partial charge in [0, 0.05) is 13.3 Å². The predicted octanol–water partition coefficient (Wildman–Crippen LogP) is 4.83. The van der Waals surface area contributed by atoms with E-state index in [2.05, 4.69) is 23.6 Å². The summed E-state index contributed by atoms with van der Waals surface area (Å²) in [7, 11) is -4.70. The summed E-state index contributed by atoms with van der Waals surface area (Å²) in [6.45, 7) is 2.54. The molecule has 0 aliphatic heterocycles. The Bertz CT molecular complexity index is 529. The van der Waals surface area contributed by atoms with E-state index >= 15 is 0 Å². The molecule has 30 heavy (non-hydrogen) atoms. The average Bonchev–Trinajstić information content (AvgIpc) is 2.66. The molecule has 8 nitrogen and oxygen atoms in total. The molecule has 0 saturated heterocycles. The van der Waals surface area contributed by atoms with Crippen molar-refractivity contribution in [3.63, 3.8) is 0 Å². The molecular weight excluding hydrogens is 411 g/mol. The molecule has 0 aliphatic carbocycles. The van der Waals surface area contributed by atoms with E-state index in [4.69, 9.17) is 19.3 Å². The number of phosphoric ester groups is 1. The summed E-state index contributed by atoms with van der Waals surface area (Å²) < 4.78 is 25.0. The second-order valence-electron chi connectivity index (χ2n) is 7.33. The van der Waals surface area contributed by atoms with Crippen LogP contribution < -0.4 is 0 Å². The highest BCUT2D eigenvalue weighted by Crippen LogP contribution is 2.35. The number of ether oxygens (including phenoxy) is 2. The van der Waals surface area contributed by atoms with Gasteiger partial charge < -0.3 is 19.3 Å². The molecule has 0 heterocycles. The minimum atomic E-state index is -4.70. The molecule has 2 N–H and O–H groups in total. The minimum Gasteiger partial charge on any atom is -0.462 e. The Morgan fingerprint density at radius 1 is 0.900 bits per heavy atom. The van der Waals surface area contributed by atoms with Crippen molar-refractivity contribution in [2.75, 3.05) is 13.2 Å². The lowest BCUT2D eigenvalue weighted by Gasteiger charge is -2.18. The van der Waals surface area contributed by atoms with Gasteiger partial charge in [0.25, 0.3) is 0 Å². The third-order valence-electron chi connectivity index (χ3n) is 4.34. The van der Waals surface area contributed by atoms with Gasteiger partial charge in [-0.25, -0.2) is 4.57 Å². The van der Waals surface area contributed by atoms with Crippen LogP contribution in [-0.2, 0) is 28.2 Å². The molecular formula is C21H39O8P. The summed E-state index contributed by atoms with van der Waals surface area (Å²) in [6.07, 6.45) is 16.0. The molecule has 0 rings (SSSR count). The zero-order valence-corrected chi connectivity index (χ0v) is 19.3. The summed E-state index contributed by atoms with van der Waals surface area (Å²) in [4.78, 5) is 40.3. The predicted molar refractivity (Wildman–Crippen MR) is 115 cm³/mol. The van der Waals surface area contributed by atoms with Gasteiger partial charge in [0.1, 0.15) is 6.61 Å². The number of esters is 2. The van der Waals surface area contributed by atoms with Gasteiger partial charge in [-0.05, 0) is 32.1 Å². The summed E-state index contributed by atoms with van der Waals surface area (Å²) in [5, 5.41) is 0. The van der Waals surface area contributed by atoms with Gasteiger partial charge in [0.15, 0.2) is 6.10 Å². The van der Waals surface area contributed by atoms with Crippen molar-refractivity contribution in [1.29, 1.82) is 0 Å². The molecule has 0 aromatic rings. The normalized spacial score (nSPS) is 12.8. The van der Waals surface area contributed by atoms with Crippen LogP contribution in [0.2, 0.25) is 0 Å². The monoisotopic (exact) mass is 450 g/mol. The van der Waals surface area contributed by atoms with Crippen LogP contribution in [-0.4, -0.2) is 41.0 Å². The van der Waals surface area contributed by atoms with Gasteiger partial charge in [0.05, 0.1) is 6.61 Å². The average molecular weight is 451 g/mol. The van der Waals surface area contributed by atoms with E-state index in [0.717, 1.165) is 32.1 Å². The summed E-state index contributed by atoms with van der Waals surface area (Å²) in [6, 6.07) is 0. The van der Waals surface area contributed by atoms with Crippen molar-refractivity contribution >= 4 is 19.8 Å². The molecule has 0 aromatic carbocycles. The maximum Gasteiger partial charge on any atom is 0.469 e. The zero-order chi connectivity index (χ0) is 22.7. The van der Waals surface area contributed by atoms with Crippen LogP contribution in [0.4, 0.5) is 0 Å². The fourth-order valence-corrected chi connectivity index (χ4v) is 3.10. The Labute approximate surface area is 180 Å². The minimum absolute atomic E-state index is 0.199. The Morgan fingerprint density at radius 2 is 1.47 bits per heavy atom. The number of allylic oxidation sites excluding steroid dienone is 2. The number of carbonyl (C=O) groups is 2. The molecule has 9 heteroatoms. The largest absolute Gasteiger partial charge is 0.469 e. The summed E-state index contributed by atoms with van der Waals surface area (Å²) in [5.74, 6) is -1.09. The Hall–Kier alpha value is -1.21. The molecule has 0 aliphatic rings. The molecule has 0 saturated carbocycles. The molecule has 176 valence electrons. The Balaban J connectivity index is 3.82. The third kappa shape index (κ3) is 21.5. The zero-order valence-electron chi connectivity index (χ0n) is 18.4. The molecule has 0 aromatic heterocycles. The first-order valence-electron chi connectivity index (χ1n) is 10.9. The molecule has 0 radical (unpaired) electrons. The van der Waals surface area contributed by atoms with E-state index in [1.807, 2.05) is 0 Å². The fourth-order valence-electron chi connectivity index (χ4n) is 2.74. The Morgan fingerprint density at radius 3 is 2.03 bits per heavy atom. The van der Waals surface area contributed by atoms with Crippen molar-refractivity contribution in [3.05, 3.63) is 12.2 Å². The maximum atomic E-state index is 11.9. The standard InChI is InChI=1S/C21H39O8P/c1-3-4-5-6-7-8-9-10-11-12-13-14-15-16-21(23)29-20(17-27-19(2)22)18-28-30(24,25)26/h8-9,20H,3-7,10-18H2,1-2H3,(H2,24,25,26)/b9-8-. The van der Waals surface area contributed by atoms with Crippen LogP contribution in [0.5, 0.6) is 0 Å². The van der Waals surface area contributed by atoms with E-state index < -0.39 is 32.5 Å². The number of hydrogen-bond acceptors (Lipinski definition) is 6. The van der Waals surface area contributed by atoms with Crippen LogP contribution in [0, 0.1) is 0 Å². The second-order valence-corrected chi connectivity index (χ2v) is 8.57. The molecule has 0 bridgehead atoms. The van der Waals surface area contributed by atoms with Crippen molar-refractivity contribution in [1.82, 2.24) is 0 Å². The highest BCUT2D eigenvalue weighted by atomic mass is 31.2. The van der Waals surface area contributed by atoms with Gasteiger partial charge in [0.2, 0.25) is 0 Å². The number of unbranched alkanes of at least 4 members (excludes halogenated alkanes) is 9. The van der Waals surface area contributed by atoms with Gasteiger partial charge in [-0.1, -0.05) is 57.6 Å². The summed E-state index contributed by atoms with van der Waals surface area (Å²) >= 11 is 0. The quantitative estimate of drug-likeness (QED) is 0.124. The third-order valence-corrected chi connectivity index (χ3v) is 4.83. The van der Waals surface area contributed by atoms with Crippen LogP contribution >= 0.6 is 7.82 Å². The first-order chi connectivity index (χ1) is 14.2. The smallest absolute Gasteiger partial charge is 0.462 e. The van der Waals surface area contributed by atoms with Gasteiger partial charge in [-0.2, -0.15) is 0 Å². The topological polar surface area (TPSA) is 119 Å². The number of hydrogen-bond donors (Lipinski definition) is 2. The number of phosphoric acid groups is 1. The lowest BCUT2D eigenvalue weighted by molar-refractivity contribution is -0.160. The van der Waals surface area contributed by atoms with Crippen LogP contribution in [0.3, 0.4) is 0 Å². The van der Waals surface area contributed by atoms with E-state index in [1.165, 1.54) is 39.0 Å². The van der Waals surface area contributed by atoms with Crippen LogP contribution in [0.1, 0.15) is 90.9 Å². The SMILES string of the molecule is CCCCCC/C=C\CCCCCCCC(=O)OC(COC(C)=O)COP(=O)(O)O. The lowest BCUT2D eigenvalue weighted by atomic mass is 10.1. The first kappa shape index (κ1) is 28.8. The fraction of sp³-hybridized carbons (Fsp3) is 0.810. The van der Waals surface area contributed by atoms with Gasteiger partial charge in [-0.15, -0.1) is 0 Å². The molecule has 0 fully saturated rings. The van der Waals surface area contributed by atoms with Crippen molar-refractivity contribution in [3.8, 4) is 0 Å². The van der Waals surface area contributed by atoms with Gasteiger partial charge in [-0.3, -0.25) is 14.1 Å². The van der Waals surface area contributed by atoms with E-state index in [9.17, 15) is 14.2 Å². The second kappa shape index (κ2) is 18.6. The number of rotatable bonds is 19. The van der Waals surface area contributed by atoms with E-state index in [1.54, 1.807) is 0 Å². The van der Waals surface area contributed by atoms with Crippen LogP contribution in [0.25, 0.3) is 0 Å². The molecule has 0 amide bonds. The van der Waals surface area contributed by atoms with E-state index in [0.29, 0.717) is 6.42 Å². The Kier molecular flexibility index (Phi) is 17.8. The van der Waals surface area contributed by atoms with Crippen LogP contribution in [0.15, 0.2) is 12.2 Å². The van der Waals surface area contributed by atoms with Crippen molar-refractivity contribution < 1.29 is 37.9 Å². The van der Waals surface area contributed by atoms with Crippen molar-refractivity contribution in [2.24, 2.45) is 0 Å². The van der Waals surface area contributed by atoms with Gasteiger partial charge >= 0.3 is 19.8 Å². The van der Waals surface area contributed by atoms with E-state index in [-0.39, 0.29) is 13.0 Å².